The maximum absolute atomic E-state index is 12.2. The Bertz CT molecular complexity index is 500. The Morgan fingerprint density at radius 1 is 1.37 bits per heavy atom. The second-order valence-electron chi connectivity index (χ2n) is 4.23. The van der Waals surface area contributed by atoms with Gasteiger partial charge in [0, 0.05) is 0 Å². The van der Waals surface area contributed by atoms with Gasteiger partial charge in [-0.05, 0) is 25.0 Å². The molecule has 7 heteroatoms. The number of hydrogen-bond donors (Lipinski definition) is 1. The van der Waals surface area contributed by atoms with E-state index in [2.05, 4.69) is 0 Å². The molecule has 3 unspecified atom stereocenters. The first-order chi connectivity index (χ1) is 8.99. The molecular formula is C12H12Cl2O4S. The first-order valence-electron chi connectivity index (χ1n) is 5.69. The Labute approximate surface area is 123 Å². The number of benzene rings is 1. The van der Waals surface area contributed by atoms with Gasteiger partial charge in [0.15, 0.2) is 6.10 Å². The third-order valence-electron chi connectivity index (χ3n) is 2.87. The topological polar surface area (TPSA) is 63.6 Å². The first kappa shape index (κ1) is 14.8. The lowest BCUT2D eigenvalue weighted by Crippen LogP contribution is -2.23. The normalized spacial score (nSPS) is 24.3. The van der Waals surface area contributed by atoms with E-state index < -0.39 is 22.9 Å². The van der Waals surface area contributed by atoms with Crippen molar-refractivity contribution in [2.75, 3.05) is 5.75 Å². The minimum absolute atomic E-state index is 0.202. The Morgan fingerprint density at radius 3 is 2.53 bits per heavy atom. The largest absolute Gasteiger partial charge is 0.479 e. The molecule has 1 aromatic carbocycles. The SMILES string of the molecule is O=C(O)C1CCC(CS(=O)c2c(Cl)cccc2Cl)O1. The molecule has 1 heterocycles. The number of aliphatic carboxylic acids is 1. The van der Waals surface area contributed by atoms with Crippen molar-refractivity contribution in [1.82, 2.24) is 0 Å². The van der Waals surface area contributed by atoms with Crippen LogP contribution in [-0.2, 0) is 20.3 Å². The number of ether oxygens (including phenoxy) is 1. The summed E-state index contributed by atoms with van der Waals surface area (Å²) in [6.07, 6.45) is -0.129. The van der Waals surface area contributed by atoms with E-state index in [4.69, 9.17) is 33.0 Å². The van der Waals surface area contributed by atoms with Gasteiger partial charge in [-0.3, -0.25) is 4.21 Å². The van der Waals surface area contributed by atoms with Gasteiger partial charge in [-0.15, -0.1) is 0 Å². The summed E-state index contributed by atoms with van der Waals surface area (Å²) in [6, 6.07) is 4.92. The van der Waals surface area contributed by atoms with Crippen LogP contribution in [0.15, 0.2) is 23.1 Å². The molecule has 1 N–H and O–H groups in total. The van der Waals surface area contributed by atoms with Gasteiger partial charge in [-0.2, -0.15) is 0 Å². The first-order valence-corrected chi connectivity index (χ1v) is 7.77. The fourth-order valence-electron chi connectivity index (χ4n) is 1.96. The van der Waals surface area contributed by atoms with Crippen molar-refractivity contribution in [3.63, 3.8) is 0 Å². The van der Waals surface area contributed by atoms with E-state index >= 15 is 0 Å². The number of carbonyl (C=O) groups is 1. The molecule has 0 aromatic heterocycles. The second-order valence-corrected chi connectivity index (χ2v) is 6.47. The van der Waals surface area contributed by atoms with E-state index in [-0.39, 0.29) is 11.9 Å². The van der Waals surface area contributed by atoms with Crippen LogP contribution < -0.4 is 0 Å². The van der Waals surface area contributed by atoms with Crippen LogP contribution in [0.2, 0.25) is 10.0 Å². The van der Waals surface area contributed by atoms with Crippen LogP contribution in [0.3, 0.4) is 0 Å². The quantitative estimate of drug-likeness (QED) is 0.925. The van der Waals surface area contributed by atoms with Gasteiger partial charge >= 0.3 is 5.97 Å². The number of hydrogen-bond acceptors (Lipinski definition) is 3. The Kier molecular flexibility index (Phi) is 4.84. The van der Waals surface area contributed by atoms with Crippen LogP contribution in [0, 0.1) is 0 Å². The van der Waals surface area contributed by atoms with Crippen LogP contribution in [0.4, 0.5) is 0 Å². The lowest BCUT2D eigenvalue weighted by molar-refractivity contribution is -0.148. The van der Waals surface area contributed by atoms with Crippen LogP contribution >= 0.6 is 23.2 Å². The van der Waals surface area contributed by atoms with Crippen molar-refractivity contribution in [3.05, 3.63) is 28.2 Å². The summed E-state index contributed by atoms with van der Waals surface area (Å²) in [5, 5.41) is 9.52. The van der Waals surface area contributed by atoms with E-state index in [1.165, 1.54) is 0 Å². The minimum Gasteiger partial charge on any atom is -0.479 e. The predicted octanol–water partition coefficient (Wildman–Crippen LogP) is 2.73. The van der Waals surface area contributed by atoms with Crippen molar-refractivity contribution in [3.8, 4) is 0 Å². The molecule has 1 saturated heterocycles. The molecule has 1 aliphatic heterocycles. The monoisotopic (exact) mass is 322 g/mol. The van der Waals surface area contributed by atoms with Gasteiger partial charge in [0.2, 0.25) is 0 Å². The fourth-order valence-corrected chi connectivity index (χ4v) is 4.20. The van der Waals surface area contributed by atoms with Gasteiger partial charge in [-0.1, -0.05) is 29.3 Å². The van der Waals surface area contributed by atoms with E-state index in [1.54, 1.807) is 18.2 Å². The molecule has 3 atom stereocenters. The molecule has 0 saturated carbocycles. The molecule has 104 valence electrons. The highest BCUT2D eigenvalue weighted by molar-refractivity contribution is 7.85. The molecule has 0 spiro atoms. The van der Waals surface area contributed by atoms with E-state index in [0.717, 1.165) is 0 Å². The zero-order chi connectivity index (χ0) is 14.0. The van der Waals surface area contributed by atoms with Crippen LogP contribution in [0.5, 0.6) is 0 Å². The molecule has 0 bridgehead atoms. The third kappa shape index (κ3) is 3.48. The zero-order valence-corrected chi connectivity index (χ0v) is 12.2. The summed E-state index contributed by atoms with van der Waals surface area (Å²) in [4.78, 5) is 11.2. The van der Waals surface area contributed by atoms with Gasteiger partial charge in [0.1, 0.15) is 0 Å². The summed E-state index contributed by atoms with van der Waals surface area (Å²) in [6.45, 7) is 0. The van der Waals surface area contributed by atoms with Crippen molar-refractivity contribution in [2.45, 2.75) is 29.9 Å². The Hall–Kier alpha value is -0.620. The highest BCUT2D eigenvalue weighted by atomic mass is 35.5. The maximum atomic E-state index is 12.2. The molecule has 0 radical (unpaired) electrons. The van der Waals surface area contributed by atoms with Crippen LogP contribution in [0.1, 0.15) is 12.8 Å². The number of rotatable bonds is 4. The average Bonchev–Trinajstić information content (AvgIpc) is 2.77. The maximum Gasteiger partial charge on any atom is 0.332 e. The third-order valence-corrected chi connectivity index (χ3v) is 5.29. The predicted molar refractivity (Wildman–Crippen MR) is 73.3 cm³/mol. The van der Waals surface area contributed by atoms with Crippen molar-refractivity contribution in [2.24, 2.45) is 0 Å². The molecule has 19 heavy (non-hydrogen) atoms. The van der Waals surface area contributed by atoms with Crippen molar-refractivity contribution < 1.29 is 18.8 Å². The van der Waals surface area contributed by atoms with E-state index in [9.17, 15) is 9.00 Å². The zero-order valence-electron chi connectivity index (χ0n) is 9.84. The standard InChI is InChI=1S/C12H12Cl2O4S/c13-8-2-1-3-9(14)11(8)19(17)6-7-4-5-10(18-7)12(15)16/h1-3,7,10H,4-6H2,(H,15,16). The number of halogens is 2. The average molecular weight is 323 g/mol. The second kappa shape index (κ2) is 6.22. The van der Waals surface area contributed by atoms with Gasteiger partial charge in [0.25, 0.3) is 0 Å². The number of carboxylic acid groups (broad SMARTS) is 1. The summed E-state index contributed by atoms with van der Waals surface area (Å²) in [5.41, 5.74) is 0. The van der Waals surface area contributed by atoms with Gasteiger partial charge in [-0.25, -0.2) is 4.79 Å². The molecule has 4 nitrogen and oxygen atoms in total. The smallest absolute Gasteiger partial charge is 0.332 e. The summed E-state index contributed by atoms with van der Waals surface area (Å²) in [7, 11) is -1.41. The van der Waals surface area contributed by atoms with Crippen LogP contribution in [0.25, 0.3) is 0 Å². The molecule has 1 fully saturated rings. The number of carboxylic acids is 1. The van der Waals surface area contributed by atoms with Crippen LogP contribution in [-0.4, -0.2) is 33.2 Å². The lowest BCUT2D eigenvalue weighted by atomic mass is 10.2. The highest BCUT2D eigenvalue weighted by Crippen LogP contribution is 2.30. The Balaban J connectivity index is 2.05. The molecule has 0 aliphatic carbocycles. The Morgan fingerprint density at radius 2 is 2.00 bits per heavy atom. The molecule has 1 aliphatic rings. The van der Waals surface area contributed by atoms with E-state index in [0.29, 0.717) is 27.8 Å². The summed E-state index contributed by atoms with van der Waals surface area (Å²) in [5.74, 6) is -0.781. The van der Waals surface area contributed by atoms with Crippen molar-refractivity contribution >= 4 is 40.0 Å². The minimum atomic E-state index is -1.41. The molecular weight excluding hydrogens is 311 g/mol. The molecule has 2 rings (SSSR count). The molecule has 0 amide bonds. The lowest BCUT2D eigenvalue weighted by Gasteiger charge is -2.12. The highest BCUT2D eigenvalue weighted by Gasteiger charge is 2.32. The van der Waals surface area contributed by atoms with Gasteiger partial charge < -0.3 is 9.84 Å². The van der Waals surface area contributed by atoms with E-state index in [1.807, 2.05) is 0 Å². The van der Waals surface area contributed by atoms with Gasteiger partial charge in [0.05, 0.1) is 37.6 Å². The molecule has 1 aromatic rings. The fraction of sp³-hybridized carbons (Fsp3) is 0.417. The summed E-state index contributed by atoms with van der Waals surface area (Å²) < 4.78 is 17.5. The summed E-state index contributed by atoms with van der Waals surface area (Å²) >= 11 is 12.0. The van der Waals surface area contributed by atoms with Crippen molar-refractivity contribution in [1.29, 1.82) is 0 Å².